The summed E-state index contributed by atoms with van der Waals surface area (Å²) in [5.74, 6) is 0.336. The van der Waals surface area contributed by atoms with Gasteiger partial charge in [-0.25, -0.2) is 4.98 Å². The normalized spacial score (nSPS) is 20.9. The van der Waals surface area contributed by atoms with Crippen LogP contribution in [0.25, 0.3) is 0 Å². The molecule has 220 valence electrons. The van der Waals surface area contributed by atoms with Crippen molar-refractivity contribution < 1.29 is 23.9 Å². The van der Waals surface area contributed by atoms with E-state index in [-0.39, 0.29) is 24.4 Å². The van der Waals surface area contributed by atoms with Gasteiger partial charge in [-0.05, 0) is 30.0 Å². The van der Waals surface area contributed by atoms with Crippen molar-refractivity contribution in [3.05, 3.63) is 47.5 Å². The smallest absolute Gasteiger partial charge is 0.308 e. The molecule has 4 rings (SSSR count). The number of likely N-dealkylation sites (tertiary alicyclic amines) is 1. The molecule has 2 aliphatic heterocycles. The van der Waals surface area contributed by atoms with Crippen LogP contribution in [0, 0.1) is 5.92 Å². The molecule has 1 aromatic heterocycles. The molecule has 0 unspecified atom stereocenters. The summed E-state index contributed by atoms with van der Waals surface area (Å²) in [4.78, 5) is 35.2. The number of ether oxygens (including phenoxy) is 1. The maximum absolute atomic E-state index is 13.8. The highest BCUT2D eigenvalue weighted by Gasteiger charge is 2.47. The Labute approximate surface area is 239 Å². The average Bonchev–Trinajstić information content (AvgIpc) is 3.62. The van der Waals surface area contributed by atoms with Crippen LogP contribution in [0.2, 0.25) is 0 Å². The number of nitrogens with zero attached hydrogens (tertiary/aromatic N) is 5. The Morgan fingerprint density at radius 2 is 1.98 bits per heavy atom. The van der Waals surface area contributed by atoms with E-state index in [2.05, 4.69) is 44.0 Å². The molecule has 40 heavy (non-hydrogen) atoms. The van der Waals surface area contributed by atoms with Crippen LogP contribution in [0.4, 0.5) is 0 Å². The summed E-state index contributed by atoms with van der Waals surface area (Å²) in [5.41, 5.74) is 2.17. The summed E-state index contributed by atoms with van der Waals surface area (Å²) >= 11 is 0. The molecule has 1 amide bonds. The lowest BCUT2D eigenvalue weighted by molar-refractivity contribution is -0.870. The first-order valence-electron chi connectivity index (χ1n) is 14.8. The number of unbranched alkanes of at least 4 members (excludes halogenated alkanes) is 1. The number of carboxylic acid groups (broad SMARTS) is 1. The number of carbonyl (C=O) groups is 2. The maximum Gasteiger partial charge on any atom is 0.308 e. The van der Waals surface area contributed by atoms with Crippen molar-refractivity contribution >= 4 is 11.9 Å². The van der Waals surface area contributed by atoms with E-state index in [0.29, 0.717) is 26.0 Å². The van der Waals surface area contributed by atoms with Crippen molar-refractivity contribution in [3.8, 4) is 5.75 Å². The van der Waals surface area contributed by atoms with Gasteiger partial charge in [0, 0.05) is 70.3 Å². The molecule has 1 fully saturated rings. The summed E-state index contributed by atoms with van der Waals surface area (Å²) < 4.78 is 8.55. The SMILES string of the molecule is CCCCN(CCC[N+](C)(C)C)C(=O)CN1C[C@H](c2ccc3c(c2)CCO3)[C@@H](C(=O)O)[C@@H]1CCc1nccn1C. The van der Waals surface area contributed by atoms with Crippen LogP contribution >= 0.6 is 0 Å². The Hall–Kier alpha value is -2.91. The van der Waals surface area contributed by atoms with Gasteiger partial charge in [-0.1, -0.05) is 25.5 Å². The zero-order valence-electron chi connectivity index (χ0n) is 25.0. The van der Waals surface area contributed by atoms with Gasteiger partial charge in [0.1, 0.15) is 11.6 Å². The van der Waals surface area contributed by atoms with Crippen LogP contribution in [-0.2, 0) is 29.5 Å². The molecule has 2 aromatic rings. The summed E-state index contributed by atoms with van der Waals surface area (Å²) in [5, 5.41) is 10.5. The third kappa shape index (κ3) is 7.43. The predicted molar refractivity (Wildman–Crippen MR) is 155 cm³/mol. The Bertz CT molecular complexity index is 1160. The van der Waals surface area contributed by atoms with Gasteiger partial charge < -0.3 is 23.8 Å². The minimum absolute atomic E-state index is 0.101. The molecule has 0 saturated carbocycles. The van der Waals surface area contributed by atoms with Crippen molar-refractivity contribution in [1.82, 2.24) is 19.4 Å². The van der Waals surface area contributed by atoms with E-state index in [1.807, 2.05) is 34.8 Å². The topological polar surface area (TPSA) is 87.9 Å². The second-order valence-electron chi connectivity index (χ2n) is 12.5. The zero-order chi connectivity index (χ0) is 28.9. The molecule has 0 radical (unpaired) electrons. The van der Waals surface area contributed by atoms with Crippen LogP contribution < -0.4 is 4.74 Å². The third-order valence-corrected chi connectivity index (χ3v) is 8.49. The fourth-order valence-electron chi connectivity index (χ4n) is 6.26. The van der Waals surface area contributed by atoms with Crippen LogP contribution in [0.3, 0.4) is 0 Å². The molecule has 9 nitrogen and oxygen atoms in total. The highest BCUT2D eigenvalue weighted by Crippen LogP contribution is 2.41. The molecule has 0 bridgehead atoms. The number of amides is 1. The first-order chi connectivity index (χ1) is 19.1. The second-order valence-corrected chi connectivity index (χ2v) is 12.5. The van der Waals surface area contributed by atoms with Gasteiger partial charge in [0.2, 0.25) is 5.91 Å². The fraction of sp³-hybridized carbons (Fsp3) is 0.645. The number of quaternary nitrogens is 1. The zero-order valence-corrected chi connectivity index (χ0v) is 25.0. The molecule has 1 aromatic carbocycles. The number of carboxylic acids is 1. The first-order valence-corrected chi connectivity index (χ1v) is 14.8. The van der Waals surface area contributed by atoms with E-state index in [1.165, 1.54) is 0 Å². The number of carbonyl (C=O) groups excluding carboxylic acids is 1. The molecule has 1 saturated heterocycles. The monoisotopic (exact) mass is 554 g/mol. The van der Waals surface area contributed by atoms with E-state index in [4.69, 9.17) is 4.74 Å². The van der Waals surface area contributed by atoms with Crippen molar-refractivity contribution in [2.24, 2.45) is 13.0 Å². The number of fused-ring (bicyclic) bond motifs is 1. The number of aromatic nitrogens is 2. The van der Waals surface area contributed by atoms with Gasteiger partial charge in [0.05, 0.1) is 46.8 Å². The first kappa shape index (κ1) is 30.1. The standard InChI is InChI=1S/C31H47N5O4/c1-6-7-15-34(16-8-18-36(3,4)5)29(37)22-35-21-25(23-9-11-27-24(20-23)13-19-40-27)30(31(38)39)26(35)10-12-28-32-14-17-33(28)2/h9,11,14,17,20,25-26,30H,6-8,10,12-13,15-16,18-19,21-22H2,1-5H3/p+1/t25-,26+,30-/m1/s1. The average molecular weight is 555 g/mol. The lowest BCUT2D eigenvalue weighted by Crippen LogP contribution is -2.45. The molecular weight excluding hydrogens is 506 g/mol. The minimum atomic E-state index is -0.799. The summed E-state index contributed by atoms with van der Waals surface area (Å²) in [6.45, 7) is 6.08. The van der Waals surface area contributed by atoms with Crippen LogP contribution in [0.1, 0.15) is 55.5 Å². The fourth-order valence-corrected chi connectivity index (χ4v) is 6.26. The van der Waals surface area contributed by atoms with Crippen LogP contribution in [0.15, 0.2) is 30.6 Å². The highest BCUT2D eigenvalue weighted by molar-refractivity contribution is 5.79. The minimum Gasteiger partial charge on any atom is -0.493 e. The van der Waals surface area contributed by atoms with Crippen molar-refractivity contribution in [1.29, 1.82) is 0 Å². The van der Waals surface area contributed by atoms with Crippen molar-refractivity contribution in [2.75, 3.05) is 60.5 Å². The Morgan fingerprint density at radius 3 is 2.65 bits per heavy atom. The molecule has 3 atom stereocenters. The van der Waals surface area contributed by atoms with Crippen molar-refractivity contribution in [2.45, 2.75) is 57.4 Å². The third-order valence-electron chi connectivity index (χ3n) is 8.49. The van der Waals surface area contributed by atoms with Gasteiger partial charge in [0.25, 0.3) is 0 Å². The lowest BCUT2D eigenvalue weighted by atomic mass is 9.83. The van der Waals surface area contributed by atoms with Gasteiger partial charge in [-0.2, -0.15) is 0 Å². The van der Waals surface area contributed by atoms with E-state index < -0.39 is 11.9 Å². The van der Waals surface area contributed by atoms with Crippen molar-refractivity contribution in [3.63, 3.8) is 0 Å². The molecular formula is C31H48N5O4+. The number of aliphatic carboxylic acids is 1. The highest BCUT2D eigenvalue weighted by atomic mass is 16.5. The number of aryl methyl sites for hydroxylation is 2. The largest absolute Gasteiger partial charge is 0.493 e. The van der Waals surface area contributed by atoms with E-state index in [1.54, 1.807) is 6.20 Å². The Morgan fingerprint density at radius 1 is 1.20 bits per heavy atom. The summed E-state index contributed by atoms with van der Waals surface area (Å²) in [6, 6.07) is 5.87. The predicted octanol–water partition coefficient (Wildman–Crippen LogP) is 3.18. The molecule has 0 aliphatic carbocycles. The van der Waals surface area contributed by atoms with E-state index in [9.17, 15) is 14.7 Å². The second kappa shape index (κ2) is 13.2. The van der Waals surface area contributed by atoms with Gasteiger partial charge >= 0.3 is 5.97 Å². The Balaban J connectivity index is 1.57. The molecule has 1 N–H and O–H groups in total. The molecule has 3 heterocycles. The summed E-state index contributed by atoms with van der Waals surface area (Å²) in [6.07, 6.45) is 8.77. The maximum atomic E-state index is 13.8. The number of hydrogen-bond acceptors (Lipinski definition) is 5. The number of benzene rings is 1. The molecule has 9 heteroatoms. The Kier molecular flexibility index (Phi) is 9.90. The van der Waals surface area contributed by atoms with Gasteiger partial charge in [-0.15, -0.1) is 0 Å². The molecule has 2 aliphatic rings. The van der Waals surface area contributed by atoms with E-state index >= 15 is 0 Å². The van der Waals surface area contributed by atoms with Crippen LogP contribution in [-0.4, -0.2) is 107 Å². The number of imidazole rings is 1. The number of rotatable bonds is 14. The lowest BCUT2D eigenvalue weighted by Gasteiger charge is -2.30. The molecule has 0 spiro atoms. The van der Waals surface area contributed by atoms with Gasteiger partial charge in [-0.3, -0.25) is 14.5 Å². The quantitative estimate of drug-likeness (QED) is 0.361. The number of hydrogen-bond donors (Lipinski definition) is 1. The van der Waals surface area contributed by atoms with Crippen LogP contribution in [0.5, 0.6) is 5.75 Å². The van der Waals surface area contributed by atoms with E-state index in [0.717, 1.165) is 72.5 Å². The summed E-state index contributed by atoms with van der Waals surface area (Å²) in [7, 11) is 8.48. The van der Waals surface area contributed by atoms with Gasteiger partial charge in [0.15, 0.2) is 0 Å².